The smallest absolute Gasteiger partial charge is 0.254 e. The van der Waals surface area contributed by atoms with Gasteiger partial charge in [-0.1, -0.05) is 59.4 Å². The number of aryl methyl sites for hydroxylation is 1. The van der Waals surface area contributed by atoms with Gasteiger partial charge in [0.25, 0.3) is 5.91 Å². The second kappa shape index (κ2) is 8.41. The first kappa shape index (κ1) is 19.1. The lowest BCUT2D eigenvalue weighted by Gasteiger charge is -2.26. The number of thiazole rings is 1. The summed E-state index contributed by atoms with van der Waals surface area (Å²) in [6.07, 6.45) is 3.98. The first-order valence-corrected chi connectivity index (χ1v) is 10.3. The quantitative estimate of drug-likeness (QED) is 0.661. The minimum absolute atomic E-state index is 0.0243. The summed E-state index contributed by atoms with van der Waals surface area (Å²) < 4.78 is 0. The molecule has 0 fully saturated rings. The molecule has 0 saturated carbocycles. The molecular weight excluding hydrogens is 382 g/mol. The Balaban J connectivity index is 1.39. The summed E-state index contributed by atoms with van der Waals surface area (Å²) in [5.74, 6) is -0.190. The van der Waals surface area contributed by atoms with Crippen molar-refractivity contribution < 1.29 is 9.59 Å². The van der Waals surface area contributed by atoms with Gasteiger partial charge in [0.15, 0.2) is 5.13 Å². The fourth-order valence-corrected chi connectivity index (χ4v) is 4.21. The molecule has 3 aromatic rings. The molecular formula is C23H21N3O2S. The minimum Gasteiger partial charge on any atom is -0.333 e. The van der Waals surface area contributed by atoms with E-state index in [2.05, 4.69) is 10.3 Å². The van der Waals surface area contributed by atoms with Gasteiger partial charge >= 0.3 is 0 Å². The maximum Gasteiger partial charge on any atom is 0.254 e. The topological polar surface area (TPSA) is 62.3 Å². The second-order valence-corrected chi connectivity index (χ2v) is 8.05. The first-order valence-electron chi connectivity index (χ1n) is 9.47. The maximum absolute atomic E-state index is 12.7. The Morgan fingerprint density at radius 3 is 2.62 bits per heavy atom. The van der Waals surface area contributed by atoms with Gasteiger partial charge in [-0.15, -0.1) is 0 Å². The van der Waals surface area contributed by atoms with E-state index in [4.69, 9.17) is 0 Å². The number of amides is 2. The molecule has 0 radical (unpaired) electrons. The van der Waals surface area contributed by atoms with E-state index in [0.717, 1.165) is 16.1 Å². The van der Waals surface area contributed by atoms with Crippen molar-refractivity contribution in [1.82, 2.24) is 9.88 Å². The minimum atomic E-state index is -0.214. The van der Waals surface area contributed by atoms with E-state index in [9.17, 15) is 9.59 Å². The third-order valence-corrected chi connectivity index (χ3v) is 5.77. The summed E-state index contributed by atoms with van der Waals surface area (Å²) in [5.41, 5.74) is 3.80. The third-order valence-electron chi connectivity index (χ3n) is 4.77. The number of benzene rings is 2. The Kier molecular flexibility index (Phi) is 5.53. The average Bonchev–Trinajstić information content (AvgIpc) is 3.14. The Hall–Kier alpha value is -3.25. The summed E-state index contributed by atoms with van der Waals surface area (Å²) in [6.45, 7) is 3.18. The van der Waals surface area contributed by atoms with E-state index in [0.29, 0.717) is 30.2 Å². The van der Waals surface area contributed by atoms with Gasteiger partial charge in [0.05, 0.1) is 12.2 Å². The van der Waals surface area contributed by atoms with Crippen LogP contribution in [0.3, 0.4) is 0 Å². The number of anilines is 1. The second-order valence-electron chi connectivity index (χ2n) is 6.96. The fraction of sp³-hybridized carbons (Fsp3) is 0.174. The van der Waals surface area contributed by atoms with Crippen LogP contribution >= 0.6 is 11.3 Å². The zero-order valence-electron chi connectivity index (χ0n) is 16.1. The summed E-state index contributed by atoms with van der Waals surface area (Å²) in [4.78, 5) is 32.3. The predicted molar refractivity (Wildman–Crippen MR) is 116 cm³/mol. The Morgan fingerprint density at radius 2 is 1.86 bits per heavy atom. The van der Waals surface area contributed by atoms with E-state index in [1.54, 1.807) is 6.08 Å². The molecule has 29 heavy (non-hydrogen) atoms. The summed E-state index contributed by atoms with van der Waals surface area (Å²) in [6, 6.07) is 17.3. The monoisotopic (exact) mass is 403 g/mol. The van der Waals surface area contributed by atoms with Crippen LogP contribution in [-0.2, 0) is 17.8 Å². The van der Waals surface area contributed by atoms with Crippen molar-refractivity contribution in [2.45, 2.75) is 19.9 Å². The van der Waals surface area contributed by atoms with Crippen LogP contribution < -0.4 is 5.32 Å². The van der Waals surface area contributed by atoms with E-state index < -0.39 is 0 Å². The lowest BCUT2D eigenvalue weighted by molar-refractivity contribution is -0.111. The Morgan fingerprint density at radius 1 is 1.10 bits per heavy atom. The van der Waals surface area contributed by atoms with Crippen LogP contribution in [0.25, 0.3) is 6.08 Å². The predicted octanol–water partition coefficient (Wildman–Crippen LogP) is 4.30. The highest BCUT2D eigenvalue weighted by molar-refractivity contribution is 7.15. The van der Waals surface area contributed by atoms with E-state index in [1.165, 1.54) is 23.0 Å². The van der Waals surface area contributed by atoms with Crippen molar-refractivity contribution in [3.8, 4) is 0 Å². The maximum atomic E-state index is 12.7. The number of carbonyl (C=O) groups is 2. The molecule has 2 amide bonds. The van der Waals surface area contributed by atoms with E-state index >= 15 is 0 Å². The van der Waals surface area contributed by atoms with Gasteiger partial charge in [0, 0.05) is 29.5 Å². The number of hydrogen-bond acceptors (Lipinski definition) is 4. The third kappa shape index (κ3) is 4.60. The molecule has 0 spiro atoms. The van der Waals surface area contributed by atoms with Crippen LogP contribution in [0, 0.1) is 6.92 Å². The number of fused-ring (bicyclic) bond motifs is 1. The van der Waals surface area contributed by atoms with Crippen LogP contribution in [0.15, 0.2) is 60.7 Å². The van der Waals surface area contributed by atoms with Crippen molar-refractivity contribution in [1.29, 1.82) is 0 Å². The highest BCUT2D eigenvalue weighted by atomic mass is 32.1. The zero-order valence-corrected chi connectivity index (χ0v) is 16.9. The highest BCUT2D eigenvalue weighted by Gasteiger charge is 2.25. The zero-order chi connectivity index (χ0) is 20.2. The SMILES string of the molecule is Cc1ccc(/C=C/C(=O)Nc2nc3c(s2)CN(C(=O)c2ccccc2)CC3)cc1. The van der Waals surface area contributed by atoms with Crippen LogP contribution in [0.4, 0.5) is 5.13 Å². The van der Waals surface area contributed by atoms with Gasteiger partial charge in [-0.3, -0.25) is 14.9 Å². The molecule has 0 aliphatic carbocycles. The standard InChI is InChI=1S/C23H21N3O2S/c1-16-7-9-17(10-8-16)11-12-21(27)25-23-24-19-13-14-26(15-20(19)29-23)22(28)18-5-3-2-4-6-18/h2-12H,13-15H2,1H3,(H,24,25,27)/b12-11+. The first-order chi connectivity index (χ1) is 14.1. The molecule has 1 aromatic heterocycles. The summed E-state index contributed by atoms with van der Waals surface area (Å²) in [5, 5.41) is 3.41. The number of carbonyl (C=O) groups excluding carboxylic acids is 2. The fourth-order valence-electron chi connectivity index (χ4n) is 3.18. The Bertz CT molecular complexity index is 1060. The highest BCUT2D eigenvalue weighted by Crippen LogP contribution is 2.29. The Labute approximate surface area is 173 Å². The van der Waals surface area contributed by atoms with Crippen molar-refractivity contribution in [3.63, 3.8) is 0 Å². The summed E-state index contributed by atoms with van der Waals surface area (Å²) in [7, 11) is 0. The van der Waals surface area contributed by atoms with Crippen molar-refractivity contribution in [3.05, 3.63) is 87.9 Å². The molecule has 0 saturated heterocycles. The lowest BCUT2D eigenvalue weighted by Crippen LogP contribution is -2.35. The largest absolute Gasteiger partial charge is 0.333 e. The molecule has 1 aliphatic rings. The van der Waals surface area contributed by atoms with Gasteiger partial charge in [-0.25, -0.2) is 4.98 Å². The number of nitrogens with one attached hydrogen (secondary N) is 1. The molecule has 5 nitrogen and oxygen atoms in total. The van der Waals surface area contributed by atoms with Gasteiger partial charge in [-0.05, 0) is 30.7 Å². The van der Waals surface area contributed by atoms with Crippen molar-refractivity contribution in [2.24, 2.45) is 0 Å². The van der Waals surface area contributed by atoms with Crippen LogP contribution in [-0.4, -0.2) is 28.2 Å². The van der Waals surface area contributed by atoms with Gasteiger partial charge < -0.3 is 4.90 Å². The van der Waals surface area contributed by atoms with Crippen molar-refractivity contribution in [2.75, 3.05) is 11.9 Å². The number of hydrogen-bond donors (Lipinski definition) is 1. The van der Waals surface area contributed by atoms with Crippen LogP contribution in [0.2, 0.25) is 0 Å². The number of rotatable bonds is 4. The van der Waals surface area contributed by atoms with Gasteiger partial charge in [0.1, 0.15) is 0 Å². The number of aromatic nitrogens is 1. The molecule has 0 atom stereocenters. The molecule has 1 aliphatic heterocycles. The van der Waals surface area contributed by atoms with Gasteiger partial charge in [0.2, 0.25) is 5.91 Å². The molecule has 0 unspecified atom stereocenters. The molecule has 4 rings (SSSR count). The number of nitrogens with zero attached hydrogens (tertiary/aromatic N) is 2. The van der Waals surface area contributed by atoms with Crippen molar-refractivity contribution >= 4 is 34.4 Å². The molecule has 2 aromatic carbocycles. The van der Waals surface area contributed by atoms with Crippen LogP contribution in [0.1, 0.15) is 32.1 Å². The average molecular weight is 404 g/mol. The molecule has 146 valence electrons. The molecule has 1 N–H and O–H groups in total. The normalized spacial score (nSPS) is 13.3. The van der Waals surface area contributed by atoms with E-state index in [-0.39, 0.29) is 11.8 Å². The molecule has 0 bridgehead atoms. The lowest BCUT2D eigenvalue weighted by atomic mass is 10.1. The van der Waals surface area contributed by atoms with Crippen LogP contribution in [0.5, 0.6) is 0 Å². The molecule has 2 heterocycles. The summed E-state index contributed by atoms with van der Waals surface area (Å²) >= 11 is 1.43. The van der Waals surface area contributed by atoms with E-state index in [1.807, 2.05) is 66.4 Å². The van der Waals surface area contributed by atoms with Gasteiger partial charge in [-0.2, -0.15) is 0 Å². The molecule has 6 heteroatoms.